The Labute approximate surface area is 196 Å². The summed E-state index contributed by atoms with van der Waals surface area (Å²) in [5.41, 5.74) is 2.91. The van der Waals surface area contributed by atoms with Gasteiger partial charge in [0.2, 0.25) is 0 Å². The number of carbonyl (C=O) groups is 1. The van der Waals surface area contributed by atoms with Crippen LogP contribution >= 0.6 is 0 Å². The third-order valence-electron chi connectivity index (χ3n) is 5.55. The molecule has 1 heterocycles. The minimum absolute atomic E-state index is 0.00679. The van der Waals surface area contributed by atoms with Crippen molar-refractivity contribution in [2.45, 2.75) is 13.0 Å². The van der Waals surface area contributed by atoms with Gasteiger partial charge in [0.25, 0.3) is 11.6 Å². The first-order chi connectivity index (χ1) is 16.5. The van der Waals surface area contributed by atoms with Crippen LogP contribution in [-0.4, -0.2) is 24.5 Å². The fourth-order valence-corrected chi connectivity index (χ4v) is 3.86. The van der Waals surface area contributed by atoms with Crippen LogP contribution in [0.5, 0.6) is 11.5 Å². The summed E-state index contributed by atoms with van der Waals surface area (Å²) in [5.74, 6) is 0.405. The lowest BCUT2D eigenvalue weighted by Gasteiger charge is -2.16. The van der Waals surface area contributed by atoms with Crippen LogP contribution in [0.2, 0.25) is 0 Å². The number of nitriles is 1. The molecule has 1 aliphatic rings. The number of anilines is 1. The zero-order valence-corrected chi connectivity index (χ0v) is 18.4. The molecule has 4 rings (SSSR count). The van der Waals surface area contributed by atoms with E-state index in [2.05, 4.69) is 0 Å². The van der Waals surface area contributed by atoms with Gasteiger partial charge >= 0.3 is 0 Å². The Morgan fingerprint density at radius 2 is 1.91 bits per heavy atom. The van der Waals surface area contributed by atoms with Crippen molar-refractivity contribution in [3.05, 3.63) is 99.1 Å². The predicted octanol–water partition coefficient (Wildman–Crippen LogP) is 4.68. The van der Waals surface area contributed by atoms with E-state index in [1.165, 1.54) is 19.3 Å². The molecule has 8 heteroatoms. The van der Waals surface area contributed by atoms with E-state index in [1.54, 1.807) is 41.3 Å². The molecule has 3 aromatic rings. The highest BCUT2D eigenvalue weighted by atomic mass is 16.6. The molecule has 3 aromatic carbocycles. The molecule has 0 aliphatic carbocycles. The van der Waals surface area contributed by atoms with Crippen molar-refractivity contribution in [2.24, 2.45) is 0 Å². The number of benzene rings is 3. The van der Waals surface area contributed by atoms with E-state index in [9.17, 15) is 20.2 Å². The predicted molar refractivity (Wildman–Crippen MR) is 127 cm³/mol. The van der Waals surface area contributed by atoms with Gasteiger partial charge in [0.1, 0.15) is 18.2 Å². The molecule has 0 spiro atoms. The van der Waals surface area contributed by atoms with Gasteiger partial charge in [-0.25, -0.2) is 0 Å². The number of nitro groups is 1. The van der Waals surface area contributed by atoms with Crippen molar-refractivity contribution in [1.29, 1.82) is 5.26 Å². The summed E-state index contributed by atoms with van der Waals surface area (Å²) in [6.45, 7) is 0.512. The number of hydrogen-bond donors (Lipinski definition) is 0. The molecule has 0 atom stereocenters. The van der Waals surface area contributed by atoms with Gasteiger partial charge in [0, 0.05) is 18.3 Å². The van der Waals surface area contributed by atoms with Crippen molar-refractivity contribution < 1.29 is 19.2 Å². The second-order valence-corrected chi connectivity index (χ2v) is 7.59. The molecule has 0 N–H and O–H groups in total. The number of hydrogen-bond acceptors (Lipinski definition) is 6. The number of ether oxygens (including phenoxy) is 2. The first-order valence-electron chi connectivity index (χ1n) is 10.6. The van der Waals surface area contributed by atoms with Crippen molar-refractivity contribution in [2.75, 3.05) is 18.6 Å². The van der Waals surface area contributed by atoms with Crippen LogP contribution in [0.25, 0.3) is 6.08 Å². The van der Waals surface area contributed by atoms with Gasteiger partial charge in [-0.1, -0.05) is 36.4 Å². The molecular weight excluding hydrogens is 434 g/mol. The van der Waals surface area contributed by atoms with Crippen molar-refractivity contribution in [3.63, 3.8) is 0 Å². The number of para-hydroxylation sites is 2. The first-order valence-corrected chi connectivity index (χ1v) is 10.6. The zero-order chi connectivity index (χ0) is 24.1. The summed E-state index contributed by atoms with van der Waals surface area (Å²) in [5, 5.41) is 20.9. The van der Waals surface area contributed by atoms with Gasteiger partial charge in [-0.05, 0) is 47.9 Å². The quantitative estimate of drug-likeness (QED) is 0.222. The monoisotopic (exact) mass is 455 g/mol. The minimum Gasteiger partial charge on any atom is -0.493 e. The molecule has 1 amide bonds. The summed E-state index contributed by atoms with van der Waals surface area (Å²) in [4.78, 5) is 25.4. The Bertz CT molecular complexity index is 1330. The Morgan fingerprint density at radius 1 is 1.15 bits per heavy atom. The Hall–Kier alpha value is -4.64. The Morgan fingerprint density at radius 3 is 2.68 bits per heavy atom. The normalized spacial score (nSPS) is 12.6. The molecule has 0 saturated heterocycles. The van der Waals surface area contributed by atoms with Gasteiger partial charge in [0.15, 0.2) is 11.5 Å². The summed E-state index contributed by atoms with van der Waals surface area (Å²) in [6.07, 6.45) is 2.26. The van der Waals surface area contributed by atoms with E-state index < -0.39 is 4.92 Å². The van der Waals surface area contributed by atoms with Crippen LogP contribution in [0, 0.1) is 21.4 Å². The van der Waals surface area contributed by atoms with Crippen LogP contribution in [0.1, 0.15) is 16.7 Å². The number of nitro benzene ring substituents is 1. The highest BCUT2D eigenvalue weighted by Crippen LogP contribution is 2.32. The number of fused-ring (bicyclic) bond motifs is 1. The van der Waals surface area contributed by atoms with Gasteiger partial charge in [-0.15, -0.1) is 0 Å². The second-order valence-electron chi connectivity index (χ2n) is 7.59. The van der Waals surface area contributed by atoms with Crippen LogP contribution < -0.4 is 14.4 Å². The fourth-order valence-electron chi connectivity index (χ4n) is 3.86. The van der Waals surface area contributed by atoms with Crippen LogP contribution in [0.3, 0.4) is 0 Å². The van der Waals surface area contributed by atoms with E-state index in [-0.39, 0.29) is 23.8 Å². The summed E-state index contributed by atoms with van der Waals surface area (Å²) < 4.78 is 11.2. The molecule has 1 aliphatic heterocycles. The van der Waals surface area contributed by atoms with Gasteiger partial charge in [-0.2, -0.15) is 5.26 Å². The highest BCUT2D eigenvalue weighted by Gasteiger charge is 2.26. The van der Waals surface area contributed by atoms with Crippen LogP contribution in [0.15, 0.2) is 72.3 Å². The second kappa shape index (κ2) is 9.88. The first kappa shape index (κ1) is 22.6. The highest BCUT2D eigenvalue weighted by molar-refractivity contribution is 6.12. The smallest absolute Gasteiger partial charge is 0.276 e. The largest absolute Gasteiger partial charge is 0.493 e. The number of methoxy groups -OCH3 is 1. The van der Waals surface area contributed by atoms with Gasteiger partial charge < -0.3 is 14.4 Å². The topological polar surface area (TPSA) is 106 Å². The molecule has 0 fully saturated rings. The number of carbonyl (C=O) groups excluding carboxylic acids is 1. The summed E-state index contributed by atoms with van der Waals surface area (Å²) in [6, 6.07) is 21.0. The number of rotatable bonds is 7. The fraction of sp³-hybridized carbons (Fsp3) is 0.154. The summed E-state index contributed by atoms with van der Waals surface area (Å²) >= 11 is 0. The lowest BCUT2D eigenvalue weighted by molar-refractivity contribution is -0.385. The lowest BCUT2D eigenvalue weighted by atomic mass is 10.1. The molecule has 0 unspecified atom stereocenters. The standard InChI is InChI=1S/C26H21N3O5/c1-33-25-15-18(10-11-24(25)34-17-20-7-3-5-9-23(20)29(31)32)14-21(16-27)26(30)28-13-12-19-6-2-4-8-22(19)28/h2-11,14-15H,12-13,17H2,1H3/b21-14+. The molecule has 170 valence electrons. The van der Waals surface area contributed by atoms with E-state index in [0.717, 1.165) is 17.7 Å². The minimum atomic E-state index is -0.455. The van der Waals surface area contributed by atoms with Gasteiger partial charge in [-0.3, -0.25) is 14.9 Å². The van der Waals surface area contributed by atoms with Crippen LogP contribution in [0.4, 0.5) is 11.4 Å². The maximum absolute atomic E-state index is 13.0. The molecule has 34 heavy (non-hydrogen) atoms. The number of amides is 1. The zero-order valence-electron chi connectivity index (χ0n) is 18.4. The van der Waals surface area contributed by atoms with Gasteiger partial charge in [0.05, 0.1) is 17.6 Å². The molecule has 0 aromatic heterocycles. The maximum atomic E-state index is 13.0. The molecule has 0 saturated carbocycles. The molecule has 8 nitrogen and oxygen atoms in total. The Kier molecular flexibility index (Phi) is 6.55. The van der Waals surface area contributed by atoms with E-state index in [4.69, 9.17) is 9.47 Å². The van der Waals surface area contributed by atoms with E-state index in [0.29, 0.717) is 29.2 Å². The van der Waals surface area contributed by atoms with E-state index >= 15 is 0 Å². The average molecular weight is 455 g/mol. The third kappa shape index (κ3) is 4.59. The molecular formula is C26H21N3O5. The van der Waals surface area contributed by atoms with E-state index in [1.807, 2.05) is 30.3 Å². The lowest BCUT2D eigenvalue weighted by Crippen LogP contribution is -2.29. The summed E-state index contributed by atoms with van der Waals surface area (Å²) in [7, 11) is 1.47. The molecule has 0 radical (unpaired) electrons. The molecule has 0 bridgehead atoms. The van der Waals surface area contributed by atoms with Crippen LogP contribution in [-0.2, 0) is 17.8 Å². The van der Waals surface area contributed by atoms with Crippen molar-refractivity contribution in [3.8, 4) is 17.6 Å². The maximum Gasteiger partial charge on any atom is 0.276 e. The Balaban J connectivity index is 1.54. The SMILES string of the molecule is COc1cc(/C=C(\C#N)C(=O)N2CCc3ccccc32)ccc1OCc1ccccc1[N+](=O)[O-]. The average Bonchev–Trinajstić information content (AvgIpc) is 3.30. The third-order valence-corrected chi connectivity index (χ3v) is 5.55. The van der Waals surface area contributed by atoms with Crippen molar-refractivity contribution >= 4 is 23.4 Å². The number of nitrogens with zero attached hydrogens (tertiary/aromatic N) is 3. The van der Waals surface area contributed by atoms with Crippen molar-refractivity contribution in [1.82, 2.24) is 0 Å².